The van der Waals surface area contributed by atoms with Gasteiger partial charge in [-0.3, -0.25) is 14.1 Å². The van der Waals surface area contributed by atoms with Crippen LogP contribution in [0.25, 0.3) is 0 Å². The minimum atomic E-state index is -5.23. The normalized spacial score (nSPS) is 46.9. The van der Waals surface area contributed by atoms with E-state index in [4.69, 9.17) is 33.2 Å². The minimum Gasteiger partial charge on any atom is -0.394 e. The minimum absolute atomic E-state index is 0.672. The highest BCUT2D eigenvalue weighted by Gasteiger charge is 2.63. The van der Waals surface area contributed by atoms with E-state index in [1.54, 1.807) is 0 Å². The zero-order valence-corrected chi connectivity index (χ0v) is 30.4. The molecule has 0 saturated carbocycles. The van der Waals surface area contributed by atoms with Crippen LogP contribution in [0.2, 0.25) is 0 Å². The first-order valence-corrected chi connectivity index (χ1v) is 18.7. The molecular formula is C29H48N2O24S. The Kier molecular flexibility index (Phi) is 14.3. The largest absolute Gasteiger partial charge is 0.397 e. The second-order valence-electron chi connectivity index (χ2n) is 14.0. The number of nitrogens with one attached hydrogen (secondary N) is 2. The van der Waals surface area contributed by atoms with E-state index < -0.39 is 177 Å². The Morgan fingerprint density at radius 1 is 0.911 bits per heavy atom. The summed E-state index contributed by atoms with van der Waals surface area (Å²) in [6.07, 6.45) is -34.3. The zero-order valence-electron chi connectivity index (χ0n) is 29.5. The molecule has 6 aliphatic heterocycles. The van der Waals surface area contributed by atoms with Crippen LogP contribution in [0.4, 0.5) is 0 Å². The Morgan fingerprint density at radius 2 is 1.55 bits per heavy atom. The average Bonchev–Trinajstić information content (AvgIpc) is 3.13. The van der Waals surface area contributed by atoms with Crippen molar-refractivity contribution in [3.8, 4) is 0 Å². The van der Waals surface area contributed by atoms with Crippen molar-refractivity contribution in [1.29, 1.82) is 0 Å². The van der Waals surface area contributed by atoms with Crippen molar-refractivity contribution < 1.29 is 116 Å². The predicted molar refractivity (Wildman–Crippen MR) is 170 cm³/mol. The predicted octanol–water partition coefficient (Wildman–Crippen LogP) is -9.49. The van der Waals surface area contributed by atoms with E-state index >= 15 is 0 Å². The second kappa shape index (κ2) is 17.7. The molecule has 0 aromatic rings. The van der Waals surface area contributed by atoms with Gasteiger partial charge in [0, 0.05) is 13.3 Å². The molecule has 0 aromatic carbocycles. The molecule has 6 fully saturated rings. The van der Waals surface area contributed by atoms with Gasteiger partial charge in [0.2, 0.25) is 5.91 Å². The molecule has 27 heteroatoms. The zero-order chi connectivity index (χ0) is 41.6. The van der Waals surface area contributed by atoms with Gasteiger partial charge < -0.3 is 100.0 Å². The van der Waals surface area contributed by atoms with Gasteiger partial charge in [-0.15, -0.1) is 0 Å². The number of aliphatic hydroxyl groups is 11. The van der Waals surface area contributed by atoms with Crippen LogP contribution in [0, 0.1) is 0 Å². The summed E-state index contributed by atoms with van der Waals surface area (Å²) in [4.78, 5) is 25.5. The fraction of sp³-hybridized carbons (Fsp3) is 0.931. The third-order valence-electron chi connectivity index (χ3n) is 10.1. The smallest absolute Gasteiger partial charge is 0.394 e. The van der Waals surface area contributed by atoms with Crippen molar-refractivity contribution in [1.82, 2.24) is 10.6 Å². The lowest BCUT2D eigenvalue weighted by atomic mass is 9.84. The molecule has 0 aliphatic carbocycles. The SMILES string of the molecule is CC(=O)N[C@H]1C(O)O[C@H](COS(=O)(=O)O)[C@@H](O[C@@H]2O[C@H](CO)[C@H](O)[C@H](O[C@@]34C[C@H](O)[C@@H](NC3=O)[C@H]([C@H](O)[C@H](O)CO)O4)[C@H]2O)[C@@H]1O[C@@H]1O[C@@H](C)[C@@H](O)[C@@H](O)[C@@H]1O. The molecule has 1 unspecified atom stereocenters. The van der Waals surface area contributed by atoms with Crippen LogP contribution in [0.15, 0.2) is 0 Å². The van der Waals surface area contributed by atoms with Crippen molar-refractivity contribution in [2.24, 2.45) is 0 Å². The van der Waals surface area contributed by atoms with Crippen molar-refractivity contribution in [2.75, 3.05) is 19.8 Å². The van der Waals surface area contributed by atoms with E-state index in [1.165, 1.54) is 6.92 Å². The van der Waals surface area contributed by atoms with E-state index in [0.717, 1.165) is 6.92 Å². The van der Waals surface area contributed by atoms with Gasteiger partial charge in [0.1, 0.15) is 85.4 Å². The molecule has 0 spiro atoms. The number of ether oxygens (including phenoxy) is 7. The molecule has 6 rings (SSSR count). The number of carbonyl (C=O) groups is 2. The number of morpholine rings is 1. The average molecular weight is 841 g/mol. The van der Waals surface area contributed by atoms with Gasteiger partial charge in [-0.1, -0.05) is 0 Å². The van der Waals surface area contributed by atoms with Crippen LogP contribution in [-0.4, -0.2) is 229 Å². The maximum absolute atomic E-state index is 13.3. The summed E-state index contributed by atoms with van der Waals surface area (Å²) in [5.74, 6) is -4.52. The lowest BCUT2D eigenvalue weighted by Crippen LogP contribution is -2.77. The summed E-state index contributed by atoms with van der Waals surface area (Å²) < 4.78 is 76.9. The molecule has 2 bridgehead atoms. The third-order valence-corrected chi connectivity index (χ3v) is 10.5. The Bertz CT molecular complexity index is 1480. The van der Waals surface area contributed by atoms with Crippen molar-refractivity contribution in [2.45, 2.75) is 149 Å². The molecule has 6 heterocycles. The number of aliphatic hydroxyl groups excluding tert-OH is 11. The molecule has 2 amide bonds. The number of hydrogen-bond donors (Lipinski definition) is 14. The Labute approximate surface area is 317 Å². The molecule has 6 saturated heterocycles. The molecule has 6 aliphatic rings. The van der Waals surface area contributed by atoms with Gasteiger partial charge in [-0.2, -0.15) is 8.42 Å². The molecule has 21 atom stereocenters. The quantitative estimate of drug-likeness (QED) is 0.0722. The summed E-state index contributed by atoms with van der Waals surface area (Å²) in [5, 5.41) is 121. The maximum atomic E-state index is 13.3. The van der Waals surface area contributed by atoms with E-state index in [2.05, 4.69) is 14.8 Å². The molecule has 0 aromatic heterocycles. The summed E-state index contributed by atoms with van der Waals surface area (Å²) in [5.41, 5.74) is 0. The second-order valence-corrected chi connectivity index (χ2v) is 15.1. The summed E-state index contributed by atoms with van der Waals surface area (Å²) in [6.45, 7) is -0.882. The van der Waals surface area contributed by atoms with Gasteiger partial charge in [-0.25, -0.2) is 4.18 Å². The number of amides is 2. The lowest BCUT2D eigenvalue weighted by molar-refractivity contribution is -0.392. The van der Waals surface area contributed by atoms with Crippen LogP contribution in [0.3, 0.4) is 0 Å². The highest BCUT2D eigenvalue weighted by atomic mass is 32.3. The molecule has 14 N–H and O–H groups in total. The number of piperidine rings is 1. The van der Waals surface area contributed by atoms with E-state index in [0.29, 0.717) is 0 Å². The summed E-state index contributed by atoms with van der Waals surface area (Å²) in [6, 6.07) is -3.04. The van der Waals surface area contributed by atoms with Crippen LogP contribution in [0.5, 0.6) is 0 Å². The van der Waals surface area contributed by atoms with Gasteiger partial charge in [-0.05, 0) is 6.92 Å². The maximum Gasteiger partial charge on any atom is 0.397 e. The monoisotopic (exact) mass is 840 g/mol. The van der Waals surface area contributed by atoms with Crippen molar-refractivity contribution >= 4 is 22.2 Å². The number of fused-ring (bicyclic) bond motifs is 3. The molecule has 56 heavy (non-hydrogen) atoms. The fourth-order valence-electron chi connectivity index (χ4n) is 7.17. The number of hydrogen-bond acceptors (Lipinski definition) is 23. The Hall–Kier alpha value is -1.91. The van der Waals surface area contributed by atoms with Gasteiger partial charge >= 0.3 is 10.4 Å². The highest BCUT2D eigenvalue weighted by molar-refractivity contribution is 7.80. The van der Waals surface area contributed by atoms with Crippen LogP contribution < -0.4 is 10.6 Å². The summed E-state index contributed by atoms with van der Waals surface area (Å²) in [7, 11) is -5.23. The topological polar surface area (TPSA) is 409 Å². The Morgan fingerprint density at radius 3 is 2.16 bits per heavy atom. The summed E-state index contributed by atoms with van der Waals surface area (Å²) >= 11 is 0. The molecule has 26 nitrogen and oxygen atoms in total. The number of carbonyl (C=O) groups excluding carboxylic acids is 2. The van der Waals surface area contributed by atoms with Gasteiger partial charge in [0.25, 0.3) is 11.7 Å². The van der Waals surface area contributed by atoms with Crippen LogP contribution >= 0.6 is 0 Å². The molecule has 324 valence electrons. The van der Waals surface area contributed by atoms with Gasteiger partial charge in [0.15, 0.2) is 18.9 Å². The molecular weight excluding hydrogens is 792 g/mol. The first-order valence-electron chi connectivity index (χ1n) is 17.3. The third kappa shape index (κ3) is 9.27. The highest BCUT2D eigenvalue weighted by Crippen LogP contribution is 2.41. The van der Waals surface area contributed by atoms with Crippen molar-refractivity contribution in [3.63, 3.8) is 0 Å². The van der Waals surface area contributed by atoms with Crippen LogP contribution in [-0.2, 0) is 57.3 Å². The van der Waals surface area contributed by atoms with E-state index in [-0.39, 0.29) is 0 Å². The first kappa shape index (κ1) is 45.2. The van der Waals surface area contributed by atoms with Crippen LogP contribution in [0.1, 0.15) is 20.3 Å². The fourth-order valence-corrected chi connectivity index (χ4v) is 7.47. The lowest BCUT2D eigenvalue weighted by Gasteiger charge is -2.55. The van der Waals surface area contributed by atoms with E-state index in [9.17, 15) is 78.7 Å². The van der Waals surface area contributed by atoms with Gasteiger partial charge in [0.05, 0.1) is 38.1 Å². The molecule has 0 radical (unpaired) electrons. The Balaban J connectivity index is 1.50. The standard InChI is InChI=1S/C29H48N2O24S/c1-7-15(37)18(40)19(41)26(49-7)53-23-14(30-8(2)34)25(43)50-12(6-48-56(45,46)47)21(23)52-27-20(42)24(17(39)11(5-33)51-27)55-29-3-9(35)13(31-28(29)44)22(54-29)16(38)10(36)4-32/h7,9-27,32-33,35-43H,3-6H2,1-2H3,(H,30,34)(H,31,44)(H,45,46,47)/t7-,9-,10+,11+,12+,13+,14+,15+,16+,17-,18+,19-,20+,21+,22+,23+,24-,25?,26-,27-,29-/m0/s1. The van der Waals surface area contributed by atoms with Crippen molar-refractivity contribution in [3.05, 3.63) is 0 Å². The van der Waals surface area contributed by atoms with E-state index in [1.807, 2.05) is 0 Å². The number of rotatable bonds is 14. The first-order chi connectivity index (χ1) is 26.1.